The number of nitrogens with zero attached hydrogens (tertiary/aromatic N) is 1. The van der Waals surface area contributed by atoms with Crippen molar-refractivity contribution in [3.63, 3.8) is 0 Å². The molecule has 2 aromatic carbocycles. The van der Waals surface area contributed by atoms with Crippen molar-refractivity contribution in [1.82, 2.24) is 0 Å². The van der Waals surface area contributed by atoms with Gasteiger partial charge in [-0.05, 0) is 43.2 Å². The lowest BCUT2D eigenvalue weighted by Crippen LogP contribution is -2.18. The number of rotatable bonds is 4. The fourth-order valence-corrected chi connectivity index (χ4v) is 2.26. The molecule has 0 heterocycles. The first kappa shape index (κ1) is 14.3. The average molecular weight is 274 g/mol. The summed E-state index contributed by atoms with van der Waals surface area (Å²) < 4.78 is 14.2. The highest BCUT2D eigenvalue weighted by atomic mass is 19.1. The summed E-state index contributed by atoms with van der Waals surface area (Å²) in [6.45, 7) is 4.79. The lowest BCUT2D eigenvalue weighted by Gasteiger charge is -2.26. The number of anilines is 2. The van der Waals surface area contributed by atoms with Gasteiger partial charge in [-0.3, -0.25) is 0 Å². The van der Waals surface area contributed by atoms with Gasteiger partial charge >= 0.3 is 0 Å². The molecule has 0 aliphatic carbocycles. The fraction of sp³-hybridized carbons (Fsp3) is 0.250. The number of benzene rings is 2. The second-order valence-electron chi connectivity index (χ2n) is 4.70. The van der Waals surface area contributed by atoms with E-state index in [1.54, 1.807) is 18.2 Å². The maximum Gasteiger partial charge on any atom is 0.147 e. The van der Waals surface area contributed by atoms with E-state index < -0.39 is 0 Å². The molecule has 0 bridgehead atoms. The number of hydrogen-bond donors (Lipinski definition) is 2. The van der Waals surface area contributed by atoms with Gasteiger partial charge in [0, 0.05) is 24.8 Å². The van der Waals surface area contributed by atoms with Crippen molar-refractivity contribution in [1.29, 1.82) is 0 Å². The van der Waals surface area contributed by atoms with E-state index in [0.717, 1.165) is 16.8 Å². The molecule has 0 fully saturated rings. The lowest BCUT2D eigenvalue weighted by atomic mass is 10.1. The molecule has 0 amide bonds. The van der Waals surface area contributed by atoms with Crippen LogP contribution in [-0.2, 0) is 6.54 Å². The molecule has 3 nitrogen and oxygen atoms in total. The predicted octanol–water partition coefficient (Wildman–Crippen LogP) is 3.46. The van der Waals surface area contributed by atoms with E-state index in [4.69, 9.17) is 5.73 Å². The van der Waals surface area contributed by atoms with Gasteiger partial charge in [0.15, 0.2) is 0 Å². The number of aryl methyl sites for hydroxylation is 1. The number of aromatic hydroxyl groups is 1. The van der Waals surface area contributed by atoms with E-state index in [-0.39, 0.29) is 11.6 Å². The first-order chi connectivity index (χ1) is 9.56. The standard InChI is InChI=1S/C16H19FN2O/c1-3-19(16-9-13(20)6-4-11(16)2)15-7-5-12(10-18)8-14(15)17/h4-9,20H,3,10,18H2,1-2H3. The summed E-state index contributed by atoms with van der Waals surface area (Å²) in [4.78, 5) is 1.84. The third-order valence-corrected chi connectivity index (χ3v) is 3.34. The van der Waals surface area contributed by atoms with E-state index in [9.17, 15) is 9.50 Å². The predicted molar refractivity (Wildman–Crippen MR) is 79.8 cm³/mol. The molecule has 0 saturated carbocycles. The SMILES string of the molecule is CCN(c1cc(O)ccc1C)c1ccc(CN)cc1F. The zero-order valence-corrected chi connectivity index (χ0v) is 11.7. The van der Waals surface area contributed by atoms with E-state index in [2.05, 4.69) is 0 Å². The minimum absolute atomic E-state index is 0.169. The van der Waals surface area contributed by atoms with Crippen LogP contribution >= 0.6 is 0 Å². The van der Waals surface area contributed by atoms with Gasteiger partial charge < -0.3 is 15.7 Å². The van der Waals surface area contributed by atoms with Crippen molar-refractivity contribution in [2.24, 2.45) is 5.73 Å². The Morgan fingerprint density at radius 1 is 1.15 bits per heavy atom. The Morgan fingerprint density at radius 3 is 2.50 bits per heavy atom. The molecule has 20 heavy (non-hydrogen) atoms. The summed E-state index contributed by atoms with van der Waals surface area (Å²) in [5.74, 6) is -0.138. The largest absolute Gasteiger partial charge is 0.508 e. The Bertz CT molecular complexity index is 613. The number of halogens is 1. The van der Waals surface area contributed by atoms with Gasteiger partial charge in [0.1, 0.15) is 11.6 Å². The van der Waals surface area contributed by atoms with Crippen molar-refractivity contribution in [2.45, 2.75) is 20.4 Å². The van der Waals surface area contributed by atoms with Crippen LogP contribution in [0.1, 0.15) is 18.1 Å². The number of phenols is 1. The Kier molecular flexibility index (Phi) is 4.25. The molecule has 0 atom stereocenters. The second-order valence-corrected chi connectivity index (χ2v) is 4.70. The van der Waals surface area contributed by atoms with Crippen LogP contribution in [0.25, 0.3) is 0 Å². The molecule has 0 aliphatic rings. The van der Waals surface area contributed by atoms with Crippen molar-refractivity contribution < 1.29 is 9.50 Å². The molecular formula is C16H19FN2O. The number of nitrogens with two attached hydrogens (primary N) is 1. The summed E-state index contributed by atoms with van der Waals surface area (Å²) in [7, 11) is 0. The van der Waals surface area contributed by atoms with Crippen LogP contribution in [0.4, 0.5) is 15.8 Å². The average Bonchev–Trinajstić information content (AvgIpc) is 2.44. The van der Waals surface area contributed by atoms with Gasteiger partial charge in [-0.25, -0.2) is 4.39 Å². The van der Waals surface area contributed by atoms with E-state index in [1.807, 2.05) is 30.9 Å². The first-order valence-electron chi connectivity index (χ1n) is 6.62. The highest BCUT2D eigenvalue weighted by Gasteiger charge is 2.15. The van der Waals surface area contributed by atoms with E-state index in [0.29, 0.717) is 18.8 Å². The summed E-state index contributed by atoms with van der Waals surface area (Å²) >= 11 is 0. The molecular weight excluding hydrogens is 255 g/mol. The molecule has 0 spiro atoms. The molecule has 0 saturated heterocycles. The van der Waals surface area contributed by atoms with Crippen molar-refractivity contribution in [3.8, 4) is 5.75 Å². The fourth-order valence-electron chi connectivity index (χ4n) is 2.26. The molecule has 0 radical (unpaired) electrons. The Morgan fingerprint density at radius 2 is 1.90 bits per heavy atom. The molecule has 2 rings (SSSR count). The molecule has 4 heteroatoms. The minimum atomic E-state index is -0.308. The highest BCUT2D eigenvalue weighted by molar-refractivity contribution is 5.68. The summed E-state index contributed by atoms with van der Waals surface area (Å²) in [6.07, 6.45) is 0. The van der Waals surface area contributed by atoms with Gasteiger partial charge in [0.05, 0.1) is 5.69 Å². The van der Waals surface area contributed by atoms with Gasteiger partial charge in [0.2, 0.25) is 0 Å². The van der Waals surface area contributed by atoms with Gasteiger partial charge in [-0.15, -0.1) is 0 Å². The first-order valence-corrected chi connectivity index (χ1v) is 6.62. The Labute approximate surface area is 118 Å². The third-order valence-electron chi connectivity index (χ3n) is 3.34. The normalized spacial score (nSPS) is 10.6. The lowest BCUT2D eigenvalue weighted by molar-refractivity contribution is 0.475. The summed E-state index contributed by atoms with van der Waals surface area (Å²) in [5, 5.41) is 9.64. The van der Waals surface area contributed by atoms with Crippen LogP contribution in [0.2, 0.25) is 0 Å². The van der Waals surface area contributed by atoms with Crippen molar-refractivity contribution in [2.75, 3.05) is 11.4 Å². The van der Waals surface area contributed by atoms with Gasteiger partial charge in [-0.2, -0.15) is 0 Å². The number of phenolic OH excluding ortho intramolecular Hbond substituents is 1. The van der Waals surface area contributed by atoms with Crippen LogP contribution in [-0.4, -0.2) is 11.7 Å². The van der Waals surface area contributed by atoms with Gasteiger partial charge in [-0.1, -0.05) is 12.1 Å². The van der Waals surface area contributed by atoms with E-state index >= 15 is 0 Å². The molecule has 2 aromatic rings. The molecule has 0 aliphatic heterocycles. The maximum atomic E-state index is 14.2. The molecule has 0 aromatic heterocycles. The van der Waals surface area contributed by atoms with Crippen LogP contribution in [0.15, 0.2) is 36.4 Å². The summed E-state index contributed by atoms with van der Waals surface area (Å²) in [6, 6.07) is 10.1. The monoisotopic (exact) mass is 274 g/mol. The van der Waals surface area contributed by atoms with Crippen LogP contribution in [0, 0.1) is 12.7 Å². The number of hydrogen-bond acceptors (Lipinski definition) is 3. The van der Waals surface area contributed by atoms with Gasteiger partial charge in [0.25, 0.3) is 0 Å². The quantitative estimate of drug-likeness (QED) is 0.897. The summed E-state index contributed by atoms with van der Waals surface area (Å²) in [5.41, 5.74) is 8.54. The Balaban J connectivity index is 2.49. The molecule has 106 valence electrons. The van der Waals surface area contributed by atoms with Crippen LogP contribution < -0.4 is 10.6 Å². The highest BCUT2D eigenvalue weighted by Crippen LogP contribution is 2.32. The zero-order chi connectivity index (χ0) is 14.7. The maximum absolute atomic E-state index is 14.2. The molecule has 0 unspecified atom stereocenters. The van der Waals surface area contributed by atoms with Crippen LogP contribution in [0.3, 0.4) is 0 Å². The Hall–Kier alpha value is -2.07. The third kappa shape index (κ3) is 2.75. The van der Waals surface area contributed by atoms with Crippen LogP contribution in [0.5, 0.6) is 5.75 Å². The van der Waals surface area contributed by atoms with E-state index in [1.165, 1.54) is 6.07 Å². The molecule has 3 N–H and O–H groups in total. The van der Waals surface area contributed by atoms with Crippen molar-refractivity contribution >= 4 is 11.4 Å². The van der Waals surface area contributed by atoms with Crippen molar-refractivity contribution in [3.05, 3.63) is 53.3 Å². The second kappa shape index (κ2) is 5.92. The minimum Gasteiger partial charge on any atom is -0.508 e. The smallest absolute Gasteiger partial charge is 0.147 e. The zero-order valence-electron chi connectivity index (χ0n) is 11.7. The topological polar surface area (TPSA) is 49.5 Å².